The number of rotatable bonds is 5. The van der Waals surface area contributed by atoms with Crippen LogP contribution in [-0.2, 0) is 28.5 Å². The molecule has 4 atom stereocenters. The van der Waals surface area contributed by atoms with E-state index >= 15 is 0 Å². The molecule has 0 aromatic heterocycles. The molecule has 6 nitrogen and oxygen atoms in total. The van der Waals surface area contributed by atoms with Gasteiger partial charge in [0.15, 0.2) is 23.8 Å². The molecule has 126 valence electrons. The fourth-order valence-electron chi connectivity index (χ4n) is 3.56. The van der Waals surface area contributed by atoms with Crippen molar-refractivity contribution in [2.24, 2.45) is 0 Å². The molecule has 3 fully saturated rings. The summed E-state index contributed by atoms with van der Waals surface area (Å²) in [5, 5.41) is 0. The highest BCUT2D eigenvalue weighted by Crippen LogP contribution is 2.43. The SMILES string of the molecule is CCC1(CC)OCC([C@@H]2OC(=O)[C@@H]3OC(CC)(CC)O[C@@H]32)O1. The first-order valence-electron chi connectivity index (χ1n) is 8.40. The molecule has 0 aromatic carbocycles. The van der Waals surface area contributed by atoms with Gasteiger partial charge < -0.3 is 23.7 Å². The Kier molecular flexibility index (Phi) is 4.22. The number of cyclic esters (lactones) is 1. The summed E-state index contributed by atoms with van der Waals surface area (Å²) in [5.41, 5.74) is 0. The van der Waals surface area contributed by atoms with Gasteiger partial charge in [0, 0.05) is 0 Å². The number of hydrogen-bond donors (Lipinski definition) is 0. The summed E-state index contributed by atoms with van der Waals surface area (Å²) in [4.78, 5) is 12.1. The van der Waals surface area contributed by atoms with Crippen LogP contribution in [0, 0.1) is 0 Å². The van der Waals surface area contributed by atoms with E-state index in [1.165, 1.54) is 0 Å². The summed E-state index contributed by atoms with van der Waals surface area (Å²) in [6, 6.07) is 0. The van der Waals surface area contributed by atoms with Gasteiger partial charge in [-0.05, 0) is 25.7 Å². The lowest BCUT2D eigenvalue weighted by Gasteiger charge is -2.29. The second kappa shape index (κ2) is 5.74. The number of carbonyl (C=O) groups excluding carboxylic acids is 1. The molecule has 22 heavy (non-hydrogen) atoms. The Morgan fingerprint density at radius 1 is 0.909 bits per heavy atom. The fraction of sp³-hybridized carbons (Fsp3) is 0.938. The lowest BCUT2D eigenvalue weighted by atomic mass is 10.1. The second-order valence-corrected chi connectivity index (χ2v) is 6.23. The van der Waals surface area contributed by atoms with Gasteiger partial charge in [0.2, 0.25) is 0 Å². The first kappa shape index (κ1) is 16.2. The third-order valence-corrected chi connectivity index (χ3v) is 5.20. The Morgan fingerprint density at radius 2 is 1.55 bits per heavy atom. The maximum Gasteiger partial charge on any atom is 0.338 e. The van der Waals surface area contributed by atoms with E-state index in [4.69, 9.17) is 23.7 Å². The van der Waals surface area contributed by atoms with E-state index in [1.54, 1.807) is 0 Å². The Bertz CT molecular complexity index is 428. The van der Waals surface area contributed by atoms with Gasteiger partial charge in [0.1, 0.15) is 12.2 Å². The van der Waals surface area contributed by atoms with Gasteiger partial charge in [0.25, 0.3) is 0 Å². The van der Waals surface area contributed by atoms with Crippen molar-refractivity contribution >= 4 is 5.97 Å². The molecule has 3 rings (SSSR count). The number of esters is 1. The van der Waals surface area contributed by atoms with E-state index in [1.807, 2.05) is 27.7 Å². The Balaban J connectivity index is 1.75. The Labute approximate surface area is 131 Å². The molecule has 0 bridgehead atoms. The molecule has 1 unspecified atom stereocenters. The first-order valence-corrected chi connectivity index (χ1v) is 8.40. The molecule has 0 spiro atoms. The van der Waals surface area contributed by atoms with E-state index in [9.17, 15) is 4.79 Å². The zero-order valence-corrected chi connectivity index (χ0v) is 13.8. The van der Waals surface area contributed by atoms with E-state index in [0.29, 0.717) is 19.4 Å². The molecular weight excluding hydrogens is 288 g/mol. The normalized spacial score (nSPS) is 39.0. The van der Waals surface area contributed by atoms with Crippen molar-refractivity contribution < 1.29 is 28.5 Å². The summed E-state index contributed by atoms with van der Waals surface area (Å²) in [7, 11) is 0. The molecule has 0 radical (unpaired) electrons. The van der Waals surface area contributed by atoms with Crippen molar-refractivity contribution in [3.63, 3.8) is 0 Å². The Morgan fingerprint density at radius 3 is 2.09 bits per heavy atom. The van der Waals surface area contributed by atoms with Crippen molar-refractivity contribution in [3.8, 4) is 0 Å². The maximum absolute atomic E-state index is 12.1. The van der Waals surface area contributed by atoms with Crippen LogP contribution in [0.25, 0.3) is 0 Å². The van der Waals surface area contributed by atoms with E-state index in [2.05, 4.69) is 0 Å². The minimum atomic E-state index is -0.681. The highest BCUT2D eigenvalue weighted by atomic mass is 16.8. The van der Waals surface area contributed by atoms with Crippen molar-refractivity contribution in [2.75, 3.05) is 6.61 Å². The molecule has 0 aromatic rings. The van der Waals surface area contributed by atoms with Gasteiger partial charge in [0.05, 0.1) is 6.61 Å². The van der Waals surface area contributed by atoms with Crippen molar-refractivity contribution in [2.45, 2.75) is 89.4 Å². The van der Waals surface area contributed by atoms with Crippen LogP contribution >= 0.6 is 0 Å². The zero-order valence-electron chi connectivity index (χ0n) is 13.8. The molecule has 0 N–H and O–H groups in total. The summed E-state index contributed by atoms with van der Waals surface area (Å²) in [6.07, 6.45) is 1.11. The summed E-state index contributed by atoms with van der Waals surface area (Å²) < 4.78 is 29.4. The predicted octanol–water partition coefficient (Wildman–Crippen LogP) is 2.14. The molecule has 3 aliphatic heterocycles. The van der Waals surface area contributed by atoms with E-state index in [0.717, 1.165) is 12.8 Å². The number of fused-ring (bicyclic) bond motifs is 1. The minimum Gasteiger partial charge on any atom is -0.455 e. The van der Waals surface area contributed by atoms with Crippen LogP contribution in [0.2, 0.25) is 0 Å². The van der Waals surface area contributed by atoms with E-state index < -0.39 is 29.9 Å². The summed E-state index contributed by atoms with van der Waals surface area (Å²) in [5.74, 6) is -1.60. The number of hydrogen-bond acceptors (Lipinski definition) is 6. The van der Waals surface area contributed by atoms with Crippen LogP contribution in [0.5, 0.6) is 0 Å². The average molecular weight is 314 g/mol. The van der Waals surface area contributed by atoms with Gasteiger partial charge in [-0.2, -0.15) is 0 Å². The molecular formula is C16H26O6. The third-order valence-electron chi connectivity index (χ3n) is 5.20. The monoisotopic (exact) mass is 314 g/mol. The van der Waals surface area contributed by atoms with Crippen LogP contribution in [0.3, 0.4) is 0 Å². The summed E-state index contributed by atoms with van der Waals surface area (Å²) >= 11 is 0. The van der Waals surface area contributed by atoms with Crippen molar-refractivity contribution in [3.05, 3.63) is 0 Å². The summed E-state index contributed by atoms with van der Waals surface area (Å²) in [6.45, 7) is 8.48. The quantitative estimate of drug-likeness (QED) is 0.725. The van der Waals surface area contributed by atoms with Crippen LogP contribution < -0.4 is 0 Å². The number of ether oxygens (including phenoxy) is 5. The second-order valence-electron chi connectivity index (χ2n) is 6.23. The van der Waals surface area contributed by atoms with Crippen LogP contribution in [0.4, 0.5) is 0 Å². The molecule has 0 saturated carbocycles. The molecule has 6 heteroatoms. The topological polar surface area (TPSA) is 63.2 Å². The minimum absolute atomic E-state index is 0.299. The fourth-order valence-corrected chi connectivity index (χ4v) is 3.56. The van der Waals surface area contributed by atoms with Crippen molar-refractivity contribution in [1.29, 1.82) is 0 Å². The standard InChI is InChI=1S/C16H26O6/c1-5-15(6-2)18-9-10(20-15)11-12-13(14(17)19-11)22-16(7-3,8-4)21-12/h10-13H,5-9H2,1-4H3/t10?,11-,12+,13+/m0/s1. The molecule has 3 aliphatic rings. The largest absolute Gasteiger partial charge is 0.455 e. The maximum atomic E-state index is 12.1. The highest BCUT2D eigenvalue weighted by Gasteiger charge is 2.61. The molecule has 0 aliphatic carbocycles. The molecule has 3 heterocycles. The smallest absolute Gasteiger partial charge is 0.338 e. The van der Waals surface area contributed by atoms with Crippen LogP contribution in [-0.4, -0.2) is 48.6 Å². The van der Waals surface area contributed by atoms with Gasteiger partial charge >= 0.3 is 5.97 Å². The predicted molar refractivity (Wildman–Crippen MR) is 77.1 cm³/mol. The lowest BCUT2D eigenvalue weighted by Crippen LogP contribution is -2.42. The highest BCUT2D eigenvalue weighted by molar-refractivity contribution is 5.78. The molecule has 3 saturated heterocycles. The number of carbonyl (C=O) groups is 1. The zero-order chi connectivity index (χ0) is 16.0. The van der Waals surface area contributed by atoms with Gasteiger partial charge in [-0.15, -0.1) is 0 Å². The third kappa shape index (κ3) is 2.37. The lowest BCUT2D eigenvalue weighted by molar-refractivity contribution is -0.220. The van der Waals surface area contributed by atoms with Gasteiger partial charge in [-0.1, -0.05) is 27.7 Å². The van der Waals surface area contributed by atoms with Gasteiger partial charge in [-0.25, -0.2) is 4.79 Å². The Hall–Kier alpha value is -0.690. The average Bonchev–Trinajstić information content (AvgIpc) is 3.21. The van der Waals surface area contributed by atoms with Crippen LogP contribution in [0.15, 0.2) is 0 Å². The first-order chi connectivity index (χ1) is 10.5. The van der Waals surface area contributed by atoms with Gasteiger partial charge in [-0.3, -0.25) is 0 Å². The van der Waals surface area contributed by atoms with E-state index in [-0.39, 0.29) is 12.1 Å². The molecule has 0 amide bonds. The van der Waals surface area contributed by atoms with Crippen LogP contribution in [0.1, 0.15) is 53.4 Å². The van der Waals surface area contributed by atoms with Crippen molar-refractivity contribution in [1.82, 2.24) is 0 Å².